The van der Waals surface area contributed by atoms with Gasteiger partial charge in [-0.05, 0) is 25.5 Å². The third kappa shape index (κ3) is 2.71. The molecule has 0 spiro atoms. The summed E-state index contributed by atoms with van der Waals surface area (Å²) in [6, 6.07) is 4.62. The Morgan fingerprint density at radius 2 is 2.41 bits per heavy atom. The molecule has 0 amide bonds. The fourth-order valence-corrected chi connectivity index (χ4v) is 4.76. The van der Waals surface area contributed by atoms with Gasteiger partial charge in [0.25, 0.3) is 0 Å². The zero-order chi connectivity index (χ0) is 14.9. The van der Waals surface area contributed by atoms with Gasteiger partial charge in [0.2, 0.25) is 0 Å². The Morgan fingerprint density at radius 1 is 1.45 bits per heavy atom. The molecule has 2 aliphatic heterocycles. The second kappa shape index (κ2) is 6.10. The smallest absolute Gasteiger partial charge is 0.152 e. The topological polar surface area (TPSA) is 54.3 Å². The standard InChI is InChI=1S/C16H21N3O2S/c1-11-2-3-14(21-11)16-12(8-17-18-16)9-19-5-7-22-15-10-20-6-4-13(15)19/h2-3,8,13,15H,4-7,9-10H2,1H3,(H,17,18)/t13-,15+/m0/s1. The molecule has 0 radical (unpaired) electrons. The maximum Gasteiger partial charge on any atom is 0.152 e. The van der Waals surface area contributed by atoms with E-state index in [1.807, 2.05) is 25.3 Å². The van der Waals surface area contributed by atoms with Crippen molar-refractivity contribution >= 4 is 11.8 Å². The Morgan fingerprint density at radius 3 is 3.27 bits per heavy atom. The number of hydrogen-bond donors (Lipinski definition) is 1. The summed E-state index contributed by atoms with van der Waals surface area (Å²) < 4.78 is 11.4. The first-order valence-corrected chi connectivity index (χ1v) is 8.88. The molecular formula is C16H21N3O2S. The SMILES string of the molecule is Cc1ccc(-c2[nH]ncc2CN2CCS[C@@H]3COCC[C@@H]32)o1. The summed E-state index contributed by atoms with van der Waals surface area (Å²) in [5.74, 6) is 2.98. The molecule has 6 heteroatoms. The van der Waals surface area contributed by atoms with Crippen LogP contribution >= 0.6 is 11.8 Å². The minimum Gasteiger partial charge on any atom is -0.460 e. The molecule has 2 aliphatic rings. The van der Waals surface area contributed by atoms with Gasteiger partial charge < -0.3 is 9.15 Å². The van der Waals surface area contributed by atoms with Gasteiger partial charge in [-0.1, -0.05) is 0 Å². The molecular weight excluding hydrogens is 298 g/mol. The highest BCUT2D eigenvalue weighted by Gasteiger charge is 2.34. The minimum absolute atomic E-state index is 0.615. The molecule has 5 nitrogen and oxygen atoms in total. The number of rotatable bonds is 3. The molecule has 2 atom stereocenters. The number of hydrogen-bond acceptors (Lipinski definition) is 5. The van der Waals surface area contributed by atoms with Crippen molar-refractivity contribution in [3.05, 3.63) is 29.7 Å². The molecule has 4 rings (SSSR count). The van der Waals surface area contributed by atoms with Gasteiger partial charge in [-0.15, -0.1) is 0 Å². The zero-order valence-corrected chi connectivity index (χ0v) is 13.6. The zero-order valence-electron chi connectivity index (χ0n) is 12.7. The summed E-state index contributed by atoms with van der Waals surface area (Å²) in [7, 11) is 0. The second-order valence-corrected chi connectivity index (χ2v) is 7.34. The maximum absolute atomic E-state index is 5.75. The van der Waals surface area contributed by atoms with E-state index in [0.29, 0.717) is 11.3 Å². The number of aryl methyl sites for hydroxylation is 1. The number of nitrogens with one attached hydrogen (secondary N) is 1. The van der Waals surface area contributed by atoms with Gasteiger partial charge >= 0.3 is 0 Å². The molecule has 118 valence electrons. The lowest BCUT2D eigenvalue weighted by atomic mass is 10.0. The van der Waals surface area contributed by atoms with Crippen LogP contribution in [0, 0.1) is 6.92 Å². The Bertz CT molecular complexity index is 637. The second-order valence-electron chi connectivity index (χ2n) is 5.99. The first-order chi connectivity index (χ1) is 10.8. The summed E-state index contributed by atoms with van der Waals surface area (Å²) >= 11 is 2.06. The molecule has 1 N–H and O–H groups in total. The summed E-state index contributed by atoms with van der Waals surface area (Å²) in [5, 5.41) is 7.95. The summed E-state index contributed by atoms with van der Waals surface area (Å²) in [5.41, 5.74) is 2.22. The van der Waals surface area contributed by atoms with Crippen molar-refractivity contribution in [3.8, 4) is 11.5 Å². The van der Waals surface area contributed by atoms with Crippen molar-refractivity contribution in [3.63, 3.8) is 0 Å². The largest absolute Gasteiger partial charge is 0.460 e. The van der Waals surface area contributed by atoms with Crippen molar-refractivity contribution < 1.29 is 9.15 Å². The molecule has 0 aliphatic carbocycles. The maximum atomic E-state index is 5.75. The Balaban J connectivity index is 1.55. The van der Waals surface area contributed by atoms with Gasteiger partial charge in [0.05, 0.1) is 12.8 Å². The molecule has 4 heterocycles. The fraction of sp³-hybridized carbons (Fsp3) is 0.562. The number of aromatic amines is 1. The predicted octanol–water partition coefficient (Wildman–Crippen LogP) is 2.68. The Kier molecular flexibility index (Phi) is 3.98. The van der Waals surface area contributed by atoms with E-state index in [1.165, 1.54) is 11.3 Å². The van der Waals surface area contributed by atoms with Gasteiger partial charge in [-0.3, -0.25) is 10.00 Å². The molecule has 2 aromatic rings. The number of ether oxygens (including phenoxy) is 1. The van der Waals surface area contributed by atoms with E-state index in [9.17, 15) is 0 Å². The number of furan rings is 1. The quantitative estimate of drug-likeness (QED) is 0.942. The lowest BCUT2D eigenvalue weighted by Gasteiger charge is -2.43. The summed E-state index contributed by atoms with van der Waals surface area (Å²) in [4.78, 5) is 2.59. The van der Waals surface area contributed by atoms with Crippen molar-refractivity contribution in [2.45, 2.75) is 31.2 Å². The van der Waals surface area contributed by atoms with Crippen LogP contribution in [0.2, 0.25) is 0 Å². The van der Waals surface area contributed by atoms with Crippen molar-refractivity contribution in [1.29, 1.82) is 0 Å². The van der Waals surface area contributed by atoms with Crippen LogP contribution < -0.4 is 0 Å². The number of aromatic nitrogens is 2. The highest BCUT2D eigenvalue weighted by molar-refractivity contribution is 8.00. The minimum atomic E-state index is 0.615. The molecule has 22 heavy (non-hydrogen) atoms. The molecule has 0 saturated carbocycles. The van der Waals surface area contributed by atoms with Crippen LogP contribution in [-0.4, -0.2) is 51.9 Å². The lowest BCUT2D eigenvalue weighted by Crippen LogP contribution is -2.51. The van der Waals surface area contributed by atoms with E-state index in [4.69, 9.17) is 9.15 Å². The highest BCUT2D eigenvalue weighted by atomic mass is 32.2. The molecule has 0 aromatic carbocycles. The van der Waals surface area contributed by atoms with E-state index in [-0.39, 0.29) is 0 Å². The Hall–Kier alpha value is -1.24. The fourth-order valence-electron chi connectivity index (χ4n) is 3.39. The first-order valence-electron chi connectivity index (χ1n) is 7.84. The first kappa shape index (κ1) is 14.4. The van der Waals surface area contributed by atoms with Gasteiger partial charge in [-0.25, -0.2) is 0 Å². The third-order valence-electron chi connectivity index (χ3n) is 4.53. The van der Waals surface area contributed by atoms with Gasteiger partial charge in [0.15, 0.2) is 5.76 Å². The van der Waals surface area contributed by atoms with Crippen LogP contribution in [0.15, 0.2) is 22.7 Å². The summed E-state index contributed by atoms with van der Waals surface area (Å²) in [6.45, 7) is 5.80. The van der Waals surface area contributed by atoms with Gasteiger partial charge in [0, 0.05) is 42.3 Å². The van der Waals surface area contributed by atoms with Gasteiger partial charge in [-0.2, -0.15) is 16.9 Å². The molecule has 2 saturated heterocycles. The van der Waals surface area contributed by atoms with Crippen LogP contribution in [0.4, 0.5) is 0 Å². The van der Waals surface area contributed by atoms with Crippen LogP contribution in [0.3, 0.4) is 0 Å². The molecule has 2 fully saturated rings. The van der Waals surface area contributed by atoms with E-state index in [0.717, 1.165) is 49.9 Å². The molecule has 0 bridgehead atoms. The van der Waals surface area contributed by atoms with E-state index >= 15 is 0 Å². The number of H-pyrrole nitrogens is 1. The molecule has 2 aromatic heterocycles. The number of thioether (sulfide) groups is 1. The molecule has 0 unspecified atom stereocenters. The van der Waals surface area contributed by atoms with Crippen LogP contribution in [0.1, 0.15) is 17.7 Å². The third-order valence-corrected chi connectivity index (χ3v) is 5.82. The lowest BCUT2D eigenvalue weighted by molar-refractivity contribution is 0.0352. The normalized spacial score (nSPS) is 26.0. The van der Waals surface area contributed by atoms with Gasteiger partial charge in [0.1, 0.15) is 11.5 Å². The number of fused-ring (bicyclic) bond motifs is 1. The highest BCUT2D eigenvalue weighted by Crippen LogP contribution is 2.32. The van der Waals surface area contributed by atoms with Crippen LogP contribution in [-0.2, 0) is 11.3 Å². The van der Waals surface area contributed by atoms with Crippen molar-refractivity contribution in [1.82, 2.24) is 15.1 Å². The monoisotopic (exact) mass is 319 g/mol. The van der Waals surface area contributed by atoms with Crippen LogP contribution in [0.25, 0.3) is 11.5 Å². The summed E-state index contributed by atoms with van der Waals surface area (Å²) in [6.07, 6.45) is 3.06. The Labute approximate surface area is 134 Å². The average Bonchev–Trinajstić information content (AvgIpc) is 3.16. The predicted molar refractivity (Wildman–Crippen MR) is 86.9 cm³/mol. The van der Waals surface area contributed by atoms with E-state index in [2.05, 4.69) is 26.9 Å². The van der Waals surface area contributed by atoms with Crippen molar-refractivity contribution in [2.24, 2.45) is 0 Å². The van der Waals surface area contributed by atoms with E-state index < -0.39 is 0 Å². The number of nitrogens with zero attached hydrogens (tertiary/aromatic N) is 2. The van der Waals surface area contributed by atoms with Crippen LogP contribution in [0.5, 0.6) is 0 Å². The van der Waals surface area contributed by atoms with Crippen molar-refractivity contribution in [2.75, 3.05) is 25.5 Å². The van der Waals surface area contributed by atoms with E-state index in [1.54, 1.807) is 0 Å². The average molecular weight is 319 g/mol.